The van der Waals surface area contributed by atoms with Gasteiger partial charge in [-0.15, -0.1) is 0 Å². The van der Waals surface area contributed by atoms with Gasteiger partial charge in [0.15, 0.2) is 0 Å². The van der Waals surface area contributed by atoms with Crippen molar-refractivity contribution in [2.24, 2.45) is 0 Å². The van der Waals surface area contributed by atoms with Crippen molar-refractivity contribution in [1.82, 2.24) is 0 Å². The van der Waals surface area contributed by atoms with Gasteiger partial charge in [0.1, 0.15) is 0 Å². The van der Waals surface area contributed by atoms with Crippen molar-refractivity contribution in [3.8, 4) is 0 Å². The second-order valence-electron chi connectivity index (χ2n) is 5.80. The predicted molar refractivity (Wildman–Crippen MR) is 83.9 cm³/mol. The molecule has 0 aromatic rings. The Morgan fingerprint density at radius 3 is 0.500 bits per heavy atom. The molecule has 7 heteroatoms. The third-order valence-electron chi connectivity index (χ3n) is 2.05. The van der Waals surface area contributed by atoms with Crippen molar-refractivity contribution in [2.45, 2.75) is 97.4 Å². The Morgan fingerprint density at radius 2 is 0.500 bits per heavy atom. The van der Waals surface area contributed by atoms with Crippen LogP contribution < -0.4 is 0 Å². The summed E-state index contributed by atoms with van der Waals surface area (Å²) in [5, 5.41) is 51.4. The second-order valence-corrected chi connectivity index (χ2v) is 5.80. The first kappa shape index (κ1) is 30.2. The summed E-state index contributed by atoms with van der Waals surface area (Å²) in [4.78, 5) is 0. The minimum atomic E-state index is -0.375. The fraction of sp³-hybridized carbons (Fsp3) is 1.00. The summed E-state index contributed by atoms with van der Waals surface area (Å²) in [5.41, 5.74) is 0. The van der Waals surface area contributed by atoms with Crippen LogP contribution in [0.2, 0.25) is 0 Å². The molecule has 6 N–H and O–H groups in total. The molecule has 6 unspecified atom stereocenters. The predicted octanol–water partition coefficient (Wildman–Crippen LogP) is 0.412. The van der Waals surface area contributed by atoms with Gasteiger partial charge in [-0.3, -0.25) is 0 Å². The summed E-state index contributed by atoms with van der Waals surface area (Å²) in [6.45, 7) is 9.96. The van der Waals surface area contributed by atoms with Crippen molar-refractivity contribution < 1.29 is 47.4 Å². The maximum Gasteiger partial charge on any atom is 0.0536 e. The molecule has 0 aliphatic carbocycles. The average Bonchev–Trinajstić information content (AvgIpc) is 2.10. The van der Waals surface area contributed by atoms with Crippen LogP contribution in [0.25, 0.3) is 0 Å². The Bertz CT molecular complexity index is 145. The van der Waals surface area contributed by atoms with Gasteiger partial charge in [0.2, 0.25) is 0 Å². The van der Waals surface area contributed by atoms with Crippen LogP contribution in [0.5, 0.6) is 0 Å². The van der Waals surface area contributed by atoms with Gasteiger partial charge in [-0.05, 0) is 60.8 Å². The zero-order valence-corrected chi connectivity index (χ0v) is 15.6. The van der Waals surface area contributed by atoms with Gasteiger partial charge in [0.25, 0.3) is 0 Å². The van der Waals surface area contributed by atoms with E-state index in [4.69, 9.17) is 30.6 Å². The molecular weight excluding hydrogens is 335 g/mol. The van der Waals surface area contributed by atoms with Crippen LogP contribution in [-0.2, 0) is 16.8 Å². The molecule has 0 spiro atoms. The fourth-order valence-corrected chi connectivity index (χ4v) is 1.48. The second kappa shape index (κ2) is 19.3. The summed E-state index contributed by atoms with van der Waals surface area (Å²) in [5.74, 6) is 0. The van der Waals surface area contributed by atoms with Crippen LogP contribution >= 0.6 is 0 Å². The molecular formula is C15H36CoO6. The number of aliphatic hydroxyl groups excluding tert-OH is 6. The van der Waals surface area contributed by atoms with Crippen molar-refractivity contribution in [3.05, 3.63) is 0 Å². The van der Waals surface area contributed by atoms with E-state index in [0.717, 1.165) is 0 Å². The first-order valence-corrected chi connectivity index (χ1v) is 7.46. The molecule has 0 rings (SSSR count). The summed E-state index contributed by atoms with van der Waals surface area (Å²) < 4.78 is 0. The molecule has 0 heterocycles. The van der Waals surface area contributed by atoms with Gasteiger partial charge < -0.3 is 30.6 Å². The van der Waals surface area contributed by atoms with Crippen molar-refractivity contribution in [3.63, 3.8) is 0 Å². The van der Waals surface area contributed by atoms with Crippen LogP contribution in [0.1, 0.15) is 60.8 Å². The molecule has 22 heavy (non-hydrogen) atoms. The smallest absolute Gasteiger partial charge is 0.0536 e. The molecule has 6 nitrogen and oxygen atoms in total. The van der Waals surface area contributed by atoms with Gasteiger partial charge in [0, 0.05) is 16.8 Å². The van der Waals surface area contributed by atoms with Crippen LogP contribution in [0.3, 0.4) is 0 Å². The summed E-state index contributed by atoms with van der Waals surface area (Å²) in [7, 11) is 0. The average molecular weight is 371 g/mol. The minimum absolute atomic E-state index is 0. The topological polar surface area (TPSA) is 121 Å². The third-order valence-corrected chi connectivity index (χ3v) is 2.05. The van der Waals surface area contributed by atoms with Crippen molar-refractivity contribution in [1.29, 1.82) is 0 Å². The Labute approximate surface area is 145 Å². The zero-order valence-electron chi connectivity index (χ0n) is 14.6. The Morgan fingerprint density at radius 1 is 0.409 bits per heavy atom. The molecule has 0 aliphatic rings. The number of aliphatic hydroxyl groups is 6. The summed E-state index contributed by atoms with van der Waals surface area (Å²) in [6.07, 6.45) is -0.833. The molecule has 0 fully saturated rings. The standard InChI is InChI=1S/3C5H12O2.Co/c3*1-4(6)3-5(2)7;/h3*4-7H,3H2,1-2H3;. The molecule has 141 valence electrons. The molecule has 1 radical (unpaired) electrons. The molecule has 6 atom stereocenters. The molecule has 0 saturated carbocycles. The van der Waals surface area contributed by atoms with E-state index in [2.05, 4.69) is 0 Å². The first-order chi connectivity index (χ1) is 9.38. The Hall–Kier alpha value is 0.266. The van der Waals surface area contributed by atoms with E-state index in [1.165, 1.54) is 0 Å². The van der Waals surface area contributed by atoms with Crippen molar-refractivity contribution in [2.75, 3.05) is 0 Å². The van der Waals surface area contributed by atoms with Crippen LogP contribution in [0.15, 0.2) is 0 Å². The molecule has 0 amide bonds. The maximum absolute atomic E-state index is 8.56. The normalized spacial score (nSPS) is 18.0. The largest absolute Gasteiger partial charge is 0.393 e. The monoisotopic (exact) mass is 371 g/mol. The Balaban J connectivity index is -0.000000108. The van der Waals surface area contributed by atoms with Crippen LogP contribution in [0.4, 0.5) is 0 Å². The number of rotatable bonds is 6. The van der Waals surface area contributed by atoms with Gasteiger partial charge in [-0.2, -0.15) is 0 Å². The van der Waals surface area contributed by atoms with Gasteiger partial charge in [-0.1, -0.05) is 0 Å². The molecule has 0 aliphatic heterocycles. The Kier molecular flexibility index (Phi) is 26.5. The first-order valence-electron chi connectivity index (χ1n) is 7.46. The third kappa shape index (κ3) is 50.0. The van der Waals surface area contributed by atoms with E-state index in [9.17, 15) is 0 Å². The van der Waals surface area contributed by atoms with Gasteiger partial charge >= 0.3 is 0 Å². The van der Waals surface area contributed by atoms with Gasteiger partial charge in [0.05, 0.1) is 36.6 Å². The molecule has 0 aromatic carbocycles. The van der Waals surface area contributed by atoms with Crippen LogP contribution in [0, 0.1) is 0 Å². The van der Waals surface area contributed by atoms with Gasteiger partial charge in [-0.25, -0.2) is 0 Å². The van der Waals surface area contributed by atoms with E-state index in [1.54, 1.807) is 41.5 Å². The van der Waals surface area contributed by atoms with Crippen molar-refractivity contribution >= 4 is 0 Å². The van der Waals surface area contributed by atoms with E-state index < -0.39 is 0 Å². The number of hydrogen-bond acceptors (Lipinski definition) is 6. The van der Waals surface area contributed by atoms with E-state index in [-0.39, 0.29) is 53.4 Å². The molecule has 0 aromatic heterocycles. The molecule has 0 bridgehead atoms. The van der Waals surface area contributed by atoms with E-state index in [1.807, 2.05) is 0 Å². The summed E-state index contributed by atoms with van der Waals surface area (Å²) >= 11 is 0. The minimum Gasteiger partial charge on any atom is -0.393 e. The molecule has 0 saturated heterocycles. The quantitative estimate of drug-likeness (QED) is 0.402. The van der Waals surface area contributed by atoms with Crippen LogP contribution in [-0.4, -0.2) is 67.3 Å². The van der Waals surface area contributed by atoms with E-state index >= 15 is 0 Å². The number of hydrogen-bond donors (Lipinski definition) is 6. The summed E-state index contributed by atoms with van der Waals surface area (Å²) in [6, 6.07) is 0. The fourth-order valence-electron chi connectivity index (χ4n) is 1.48. The SMILES string of the molecule is CC(O)CC(C)O.CC(O)CC(C)O.CC(O)CC(C)O.[Co]. The zero-order chi connectivity index (χ0) is 17.6. The maximum atomic E-state index is 8.56. The van der Waals surface area contributed by atoms with E-state index in [0.29, 0.717) is 19.3 Å².